The second-order valence-corrected chi connectivity index (χ2v) is 6.07. The van der Waals surface area contributed by atoms with E-state index in [0.29, 0.717) is 5.46 Å². The number of halogens is 1. The van der Waals surface area contributed by atoms with Crippen molar-refractivity contribution in [3.05, 3.63) is 30.4 Å². The molecule has 0 atom stereocenters. The van der Waals surface area contributed by atoms with Gasteiger partial charge in [0.15, 0.2) is 0 Å². The molecule has 3 rings (SSSR count). The van der Waals surface area contributed by atoms with Crippen LogP contribution in [-0.4, -0.2) is 28.5 Å². The van der Waals surface area contributed by atoms with Gasteiger partial charge in [0.25, 0.3) is 0 Å². The van der Waals surface area contributed by atoms with E-state index in [1.807, 2.05) is 27.7 Å². The van der Waals surface area contributed by atoms with Crippen LogP contribution in [0.15, 0.2) is 29.0 Å². The molecule has 7 heteroatoms. The average molecular weight is 290 g/mol. The van der Waals surface area contributed by atoms with Gasteiger partial charge in [-0.25, -0.2) is 4.39 Å². The number of hydrogen-bond acceptors (Lipinski definition) is 5. The molecule has 5 nitrogen and oxygen atoms in total. The molecule has 1 fully saturated rings. The predicted octanol–water partition coefficient (Wildman–Crippen LogP) is 2.17. The van der Waals surface area contributed by atoms with E-state index in [0.717, 1.165) is 6.39 Å². The molecular weight excluding hydrogens is 274 g/mol. The van der Waals surface area contributed by atoms with Gasteiger partial charge in [-0.05, 0) is 45.3 Å². The molecule has 2 heterocycles. The summed E-state index contributed by atoms with van der Waals surface area (Å²) in [6, 6.07) is 4.60. The van der Waals surface area contributed by atoms with Crippen LogP contribution in [0.5, 0.6) is 0 Å². The molecule has 0 amide bonds. The van der Waals surface area contributed by atoms with Crippen molar-refractivity contribution in [3.8, 4) is 11.5 Å². The van der Waals surface area contributed by atoms with E-state index >= 15 is 0 Å². The minimum atomic E-state index is -0.558. The van der Waals surface area contributed by atoms with Gasteiger partial charge < -0.3 is 13.7 Å². The molecule has 0 unspecified atom stereocenters. The first kappa shape index (κ1) is 14.2. The molecule has 110 valence electrons. The van der Waals surface area contributed by atoms with E-state index in [1.165, 1.54) is 6.07 Å². The van der Waals surface area contributed by atoms with Crippen molar-refractivity contribution in [2.24, 2.45) is 0 Å². The Hall–Kier alpha value is -1.73. The Labute approximate surface area is 122 Å². The lowest BCUT2D eigenvalue weighted by molar-refractivity contribution is 0.00578. The van der Waals surface area contributed by atoms with E-state index in [2.05, 4.69) is 10.2 Å². The number of aromatic nitrogens is 2. The van der Waals surface area contributed by atoms with Crippen LogP contribution < -0.4 is 5.46 Å². The van der Waals surface area contributed by atoms with Crippen LogP contribution in [0.4, 0.5) is 4.39 Å². The fourth-order valence-electron chi connectivity index (χ4n) is 2.12. The monoisotopic (exact) mass is 290 g/mol. The van der Waals surface area contributed by atoms with Gasteiger partial charge in [-0.15, -0.1) is 10.2 Å². The fourth-order valence-corrected chi connectivity index (χ4v) is 2.12. The highest BCUT2D eigenvalue weighted by molar-refractivity contribution is 6.62. The van der Waals surface area contributed by atoms with E-state index in [1.54, 1.807) is 12.1 Å². The van der Waals surface area contributed by atoms with Gasteiger partial charge in [-0.2, -0.15) is 0 Å². The Kier molecular flexibility index (Phi) is 3.14. The van der Waals surface area contributed by atoms with Crippen molar-refractivity contribution in [2.75, 3.05) is 0 Å². The molecule has 21 heavy (non-hydrogen) atoms. The zero-order chi connectivity index (χ0) is 15.3. The molecule has 0 radical (unpaired) electrons. The minimum Gasteiger partial charge on any atom is -0.423 e. The molecule has 0 aliphatic carbocycles. The van der Waals surface area contributed by atoms with Crippen molar-refractivity contribution in [3.63, 3.8) is 0 Å². The third-order valence-electron chi connectivity index (χ3n) is 4.11. The van der Waals surface area contributed by atoms with Gasteiger partial charge in [0, 0.05) is 0 Å². The fraction of sp³-hybridized carbons (Fsp3) is 0.429. The minimum absolute atomic E-state index is 0.130. The molecule has 0 N–H and O–H groups in total. The molecule has 2 aromatic rings. The highest BCUT2D eigenvalue weighted by Gasteiger charge is 2.51. The molecular formula is C14H16BFN2O3. The third-order valence-corrected chi connectivity index (χ3v) is 4.11. The van der Waals surface area contributed by atoms with Crippen molar-refractivity contribution in [2.45, 2.75) is 38.9 Å². The predicted molar refractivity (Wildman–Crippen MR) is 75.4 cm³/mol. The van der Waals surface area contributed by atoms with E-state index in [9.17, 15) is 4.39 Å². The largest absolute Gasteiger partial charge is 0.494 e. The number of nitrogens with zero attached hydrogens (tertiary/aromatic N) is 2. The Bertz CT molecular complexity index is 642. The Balaban J connectivity index is 1.97. The summed E-state index contributed by atoms with van der Waals surface area (Å²) < 4.78 is 30.9. The van der Waals surface area contributed by atoms with Crippen LogP contribution in [0.3, 0.4) is 0 Å². The van der Waals surface area contributed by atoms with Gasteiger partial charge in [-0.3, -0.25) is 0 Å². The third kappa shape index (κ3) is 2.36. The smallest absolute Gasteiger partial charge is 0.423 e. The van der Waals surface area contributed by atoms with E-state index in [4.69, 9.17) is 13.7 Å². The Morgan fingerprint density at radius 3 is 2.33 bits per heavy atom. The van der Waals surface area contributed by atoms with Gasteiger partial charge in [0.2, 0.25) is 12.3 Å². The maximum atomic E-state index is 13.9. The number of hydrogen-bond donors (Lipinski definition) is 0. The second kappa shape index (κ2) is 4.64. The van der Waals surface area contributed by atoms with Crippen LogP contribution in [0, 0.1) is 5.82 Å². The zero-order valence-corrected chi connectivity index (χ0v) is 12.4. The van der Waals surface area contributed by atoms with Crippen molar-refractivity contribution < 1.29 is 18.1 Å². The quantitative estimate of drug-likeness (QED) is 0.793. The molecule has 1 aromatic heterocycles. The summed E-state index contributed by atoms with van der Waals surface area (Å²) in [5.41, 5.74) is 0.0518. The normalized spacial score (nSPS) is 20.0. The van der Waals surface area contributed by atoms with Gasteiger partial charge in [0.05, 0.1) is 16.8 Å². The van der Waals surface area contributed by atoms with Crippen molar-refractivity contribution >= 4 is 12.6 Å². The Morgan fingerprint density at radius 2 is 1.76 bits per heavy atom. The van der Waals surface area contributed by atoms with Crippen LogP contribution in [0.25, 0.3) is 11.5 Å². The van der Waals surface area contributed by atoms with Crippen LogP contribution in [0.1, 0.15) is 27.7 Å². The van der Waals surface area contributed by atoms with Crippen molar-refractivity contribution in [1.82, 2.24) is 10.2 Å². The lowest BCUT2D eigenvalue weighted by atomic mass is 9.78. The molecule has 1 aromatic carbocycles. The van der Waals surface area contributed by atoms with Crippen molar-refractivity contribution in [1.29, 1.82) is 0 Å². The summed E-state index contributed by atoms with van der Waals surface area (Å²) in [6.45, 7) is 7.87. The summed E-state index contributed by atoms with van der Waals surface area (Å²) in [7, 11) is -0.558. The molecule has 1 saturated heterocycles. The maximum Gasteiger partial charge on any atom is 0.494 e. The Morgan fingerprint density at radius 1 is 1.10 bits per heavy atom. The first-order valence-corrected chi connectivity index (χ1v) is 6.72. The highest BCUT2D eigenvalue weighted by atomic mass is 19.1. The molecule has 1 aliphatic heterocycles. The maximum absolute atomic E-state index is 13.9. The molecule has 0 bridgehead atoms. The molecule has 0 saturated carbocycles. The summed E-state index contributed by atoms with van der Waals surface area (Å²) in [5, 5.41) is 7.30. The number of rotatable bonds is 2. The summed E-state index contributed by atoms with van der Waals surface area (Å²) in [5.74, 6) is -0.301. The average Bonchev–Trinajstić information content (AvgIpc) is 2.97. The first-order valence-electron chi connectivity index (χ1n) is 6.72. The molecule has 1 aliphatic rings. The first-order chi connectivity index (χ1) is 9.80. The standard InChI is InChI=1S/C14H16BFN2O3/c1-13(2)14(3,4)21-15(20-13)9-5-6-11(16)10(7-9)12-18-17-8-19-12/h5-8H,1-4H3. The number of benzene rings is 1. The summed E-state index contributed by atoms with van der Waals surface area (Å²) in [4.78, 5) is 0. The van der Waals surface area contributed by atoms with Gasteiger partial charge >= 0.3 is 7.12 Å². The van der Waals surface area contributed by atoms with Crippen LogP contribution in [-0.2, 0) is 9.31 Å². The lowest BCUT2D eigenvalue weighted by Gasteiger charge is -2.32. The van der Waals surface area contributed by atoms with E-state index < -0.39 is 24.1 Å². The van der Waals surface area contributed by atoms with Crippen LogP contribution >= 0.6 is 0 Å². The van der Waals surface area contributed by atoms with Gasteiger partial charge in [-0.1, -0.05) is 6.07 Å². The summed E-state index contributed by atoms with van der Waals surface area (Å²) in [6.07, 6.45) is 1.16. The SMILES string of the molecule is CC1(C)OB(c2ccc(F)c(-c3nnco3)c2)OC1(C)C. The second-order valence-electron chi connectivity index (χ2n) is 6.07. The lowest BCUT2D eigenvalue weighted by Crippen LogP contribution is -2.41. The zero-order valence-electron chi connectivity index (χ0n) is 12.4. The summed E-state index contributed by atoms with van der Waals surface area (Å²) >= 11 is 0. The van der Waals surface area contributed by atoms with Crippen LogP contribution in [0.2, 0.25) is 0 Å². The topological polar surface area (TPSA) is 57.4 Å². The van der Waals surface area contributed by atoms with E-state index in [-0.39, 0.29) is 11.5 Å². The van der Waals surface area contributed by atoms with Gasteiger partial charge in [0.1, 0.15) is 5.82 Å². The highest BCUT2D eigenvalue weighted by Crippen LogP contribution is 2.36. The molecule has 0 spiro atoms.